The number of amides is 2. The van der Waals surface area contributed by atoms with E-state index in [1.54, 1.807) is 12.1 Å². The van der Waals surface area contributed by atoms with E-state index >= 15 is 0 Å². The largest absolute Gasteiger partial charge is 0.508 e. The molecule has 2 rings (SSSR count). The van der Waals surface area contributed by atoms with E-state index in [-0.39, 0.29) is 18.2 Å². The van der Waals surface area contributed by atoms with Crippen molar-refractivity contribution in [3.05, 3.63) is 29.8 Å². The Kier molecular flexibility index (Phi) is 5.03. The number of urea groups is 1. The van der Waals surface area contributed by atoms with Gasteiger partial charge in [0, 0.05) is 12.5 Å². The number of hydrogen-bond acceptors (Lipinski definition) is 3. The molecule has 1 aromatic rings. The minimum Gasteiger partial charge on any atom is -0.508 e. The summed E-state index contributed by atoms with van der Waals surface area (Å²) in [6, 6.07) is 4.99. The topological polar surface area (TPSA) is 98.7 Å². The number of phenols is 1. The Labute approximate surface area is 123 Å². The number of benzene rings is 1. The van der Waals surface area contributed by atoms with Crippen molar-refractivity contribution in [3.8, 4) is 5.75 Å². The van der Waals surface area contributed by atoms with Crippen LogP contribution in [0.25, 0.3) is 0 Å². The first-order valence-electron chi connectivity index (χ1n) is 7.12. The van der Waals surface area contributed by atoms with Gasteiger partial charge in [0.2, 0.25) is 0 Å². The fourth-order valence-corrected chi connectivity index (χ4v) is 2.52. The Bertz CT molecular complexity index is 495. The zero-order valence-corrected chi connectivity index (χ0v) is 11.7. The molecule has 0 spiro atoms. The molecule has 2 amide bonds. The summed E-state index contributed by atoms with van der Waals surface area (Å²) in [5.74, 6) is -0.956. The lowest BCUT2D eigenvalue weighted by molar-refractivity contribution is -0.139. The first kappa shape index (κ1) is 15.2. The summed E-state index contributed by atoms with van der Waals surface area (Å²) in [7, 11) is 0. The molecule has 1 aliphatic carbocycles. The summed E-state index contributed by atoms with van der Waals surface area (Å²) in [6.45, 7) is 0. The maximum atomic E-state index is 11.8. The predicted octanol–water partition coefficient (Wildman–Crippen LogP) is 1.63. The predicted molar refractivity (Wildman–Crippen MR) is 77.2 cm³/mol. The third-order valence-corrected chi connectivity index (χ3v) is 3.67. The quantitative estimate of drug-likeness (QED) is 0.663. The van der Waals surface area contributed by atoms with E-state index in [0.29, 0.717) is 0 Å². The maximum Gasteiger partial charge on any atom is 0.326 e. The monoisotopic (exact) mass is 292 g/mol. The first-order valence-corrected chi connectivity index (χ1v) is 7.12. The van der Waals surface area contributed by atoms with Crippen molar-refractivity contribution >= 4 is 12.0 Å². The van der Waals surface area contributed by atoms with Crippen molar-refractivity contribution in [1.29, 1.82) is 0 Å². The van der Waals surface area contributed by atoms with Crippen LogP contribution in [0.5, 0.6) is 5.75 Å². The molecule has 1 atom stereocenters. The zero-order valence-electron chi connectivity index (χ0n) is 11.7. The van der Waals surface area contributed by atoms with Crippen molar-refractivity contribution in [3.63, 3.8) is 0 Å². The van der Waals surface area contributed by atoms with Gasteiger partial charge in [-0.3, -0.25) is 0 Å². The molecule has 1 fully saturated rings. The molecule has 0 heterocycles. The van der Waals surface area contributed by atoms with Gasteiger partial charge in [-0.1, -0.05) is 25.0 Å². The van der Waals surface area contributed by atoms with Crippen molar-refractivity contribution in [1.82, 2.24) is 10.6 Å². The molecule has 0 radical (unpaired) electrons. The highest BCUT2D eigenvalue weighted by Gasteiger charge is 2.23. The number of nitrogens with one attached hydrogen (secondary N) is 2. The second-order valence-electron chi connectivity index (χ2n) is 5.36. The zero-order chi connectivity index (χ0) is 15.2. The second kappa shape index (κ2) is 6.97. The summed E-state index contributed by atoms with van der Waals surface area (Å²) in [5.41, 5.74) is 0.737. The summed E-state index contributed by atoms with van der Waals surface area (Å²) < 4.78 is 0. The highest BCUT2D eigenvalue weighted by molar-refractivity contribution is 5.82. The molecule has 6 nitrogen and oxygen atoms in total. The van der Waals surface area contributed by atoms with Crippen LogP contribution < -0.4 is 10.6 Å². The number of carboxylic acid groups (broad SMARTS) is 1. The van der Waals surface area contributed by atoms with E-state index in [0.717, 1.165) is 31.2 Å². The summed E-state index contributed by atoms with van der Waals surface area (Å²) >= 11 is 0. The number of carbonyl (C=O) groups is 2. The van der Waals surface area contributed by atoms with Gasteiger partial charge in [0.25, 0.3) is 0 Å². The van der Waals surface area contributed by atoms with Gasteiger partial charge in [0.05, 0.1) is 0 Å². The van der Waals surface area contributed by atoms with E-state index < -0.39 is 18.0 Å². The number of rotatable bonds is 5. The molecule has 114 valence electrons. The Morgan fingerprint density at radius 1 is 1.19 bits per heavy atom. The highest BCUT2D eigenvalue weighted by atomic mass is 16.4. The molecule has 0 saturated heterocycles. The van der Waals surface area contributed by atoms with Gasteiger partial charge in [-0.15, -0.1) is 0 Å². The average molecular weight is 292 g/mol. The first-order chi connectivity index (χ1) is 10.0. The van der Waals surface area contributed by atoms with Crippen molar-refractivity contribution in [2.75, 3.05) is 0 Å². The molecule has 6 heteroatoms. The fourth-order valence-electron chi connectivity index (χ4n) is 2.52. The maximum absolute atomic E-state index is 11.8. The second-order valence-corrected chi connectivity index (χ2v) is 5.36. The van der Waals surface area contributed by atoms with Crippen LogP contribution in [0.2, 0.25) is 0 Å². The Morgan fingerprint density at radius 3 is 2.38 bits per heavy atom. The SMILES string of the molecule is O=C(NC1CCCC1)N[C@@H](Cc1ccc(O)cc1)C(=O)O. The third-order valence-electron chi connectivity index (χ3n) is 3.67. The summed E-state index contributed by atoms with van der Waals surface area (Å²) in [5, 5.41) is 23.7. The summed E-state index contributed by atoms with van der Waals surface area (Å²) in [4.78, 5) is 23.1. The third kappa shape index (κ3) is 4.66. The van der Waals surface area contributed by atoms with Crippen LogP contribution >= 0.6 is 0 Å². The molecule has 1 aromatic carbocycles. The lowest BCUT2D eigenvalue weighted by Crippen LogP contribution is -2.49. The van der Waals surface area contributed by atoms with Gasteiger partial charge >= 0.3 is 12.0 Å². The van der Waals surface area contributed by atoms with E-state index in [4.69, 9.17) is 0 Å². The highest BCUT2D eigenvalue weighted by Crippen LogP contribution is 2.17. The Morgan fingerprint density at radius 2 is 1.81 bits per heavy atom. The van der Waals surface area contributed by atoms with Crippen LogP contribution in [-0.2, 0) is 11.2 Å². The number of phenolic OH excluding ortho intramolecular Hbond substituents is 1. The lowest BCUT2D eigenvalue weighted by Gasteiger charge is -2.18. The van der Waals surface area contributed by atoms with Gasteiger partial charge in [-0.2, -0.15) is 0 Å². The van der Waals surface area contributed by atoms with Gasteiger partial charge in [-0.25, -0.2) is 9.59 Å². The van der Waals surface area contributed by atoms with E-state index in [2.05, 4.69) is 10.6 Å². The number of carbonyl (C=O) groups excluding carboxylic acids is 1. The Hall–Kier alpha value is -2.24. The minimum absolute atomic E-state index is 0.123. The van der Waals surface area contributed by atoms with E-state index in [9.17, 15) is 19.8 Å². The van der Waals surface area contributed by atoms with Crippen molar-refractivity contribution in [2.45, 2.75) is 44.2 Å². The van der Waals surface area contributed by atoms with Gasteiger partial charge in [0.1, 0.15) is 11.8 Å². The molecule has 1 saturated carbocycles. The number of aliphatic carboxylic acids is 1. The average Bonchev–Trinajstić information content (AvgIpc) is 2.93. The molecule has 4 N–H and O–H groups in total. The fraction of sp³-hybridized carbons (Fsp3) is 0.467. The number of aromatic hydroxyl groups is 1. The number of carboxylic acids is 1. The van der Waals surface area contributed by atoms with Crippen molar-refractivity contribution in [2.24, 2.45) is 0 Å². The van der Waals surface area contributed by atoms with Gasteiger partial charge < -0.3 is 20.8 Å². The molecular formula is C15H20N2O4. The summed E-state index contributed by atoms with van der Waals surface area (Å²) in [6.07, 6.45) is 4.27. The molecular weight excluding hydrogens is 272 g/mol. The van der Waals surface area contributed by atoms with Crippen LogP contribution in [0.3, 0.4) is 0 Å². The van der Waals surface area contributed by atoms with Crippen LogP contribution in [-0.4, -0.2) is 34.3 Å². The molecule has 1 aliphatic rings. The van der Waals surface area contributed by atoms with Crippen LogP contribution in [0.15, 0.2) is 24.3 Å². The lowest BCUT2D eigenvalue weighted by atomic mass is 10.1. The van der Waals surface area contributed by atoms with Gasteiger partial charge in [0.15, 0.2) is 0 Å². The van der Waals surface area contributed by atoms with E-state index in [1.807, 2.05) is 0 Å². The molecule has 21 heavy (non-hydrogen) atoms. The van der Waals surface area contributed by atoms with Crippen LogP contribution in [0.1, 0.15) is 31.2 Å². The molecule has 0 aliphatic heterocycles. The normalized spacial score (nSPS) is 16.4. The molecule has 0 bridgehead atoms. The smallest absolute Gasteiger partial charge is 0.326 e. The van der Waals surface area contributed by atoms with Gasteiger partial charge in [-0.05, 0) is 30.5 Å². The van der Waals surface area contributed by atoms with E-state index in [1.165, 1.54) is 12.1 Å². The molecule has 0 unspecified atom stereocenters. The minimum atomic E-state index is -1.08. The molecule has 0 aromatic heterocycles. The Balaban J connectivity index is 1.90. The standard InChI is InChI=1S/C15H20N2O4/c18-12-7-5-10(6-8-12)9-13(14(19)20)17-15(21)16-11-3-1-2-4-11/h5-8,11,13,18H,1-4,9H2,(H,19,20)(H2,16,17,21)/t13-/m0/s1. The number of hydrogen-bond donors (Lipinski definition) is 4. The van der Waals surface area contributed by atoms with Crippen molar-refractivity contribution < 1.29 is 19.8 Å². The van der Waals surface area contributed by atoms with Crippen LogP contribution in [0.4, 0.5) is 4.79 Å². The van der Waals surface area contributed by atoms with Crippen LogP contribution in [0, 0.1) is 0 Å².